The minimum absolute atomic E-state index is 0.363. The molecule has 2 rings (SSSR count). The third-order valence-corrected chi connectivity index (χ3v) is 3.18. The second-order valence-electron chi connectivity index (χ2n) is 4.37. The highest BCUT2D eigenvalue weighted by molar-refractivity contribution is 5.34. The number of ether oxygens (including phenoxy) is 1. The van der Waals surface area contributed by atoms with E-state index in [4.69, 9.17) is 11.2 Å². The van der Waals surface area contributed by atoms with Crippen molar-refractivity contribution in [1.82, 2.24) is 5.32 Å². The molecule has 1 unspecified atom stereocenters. The summed E-state index contributed by atoms with van der Waals surface area (Å²) in [5.41, 5.74) is 3.97. The Hall–Kier alpha value is -1.30. The van der Waals surface area contributed by atoms with E-state index in [-0.39, 0.29) is 0 Å². The van der Waals surface area contributed by atoms with Crippen LogP contribution in [0.2, 0.25) is 0 Å². The zero-order chi connectivity index (χ0) is 12.1. The Morgan fingerprint density at radius 1 is 1.41 bits per heavy atom. The molecule has 0 saturated carbocycles. The molecule has 0 radical (unpaired) electrons. The lowest BCUT2D eigenvalue weighted by Gasteiger charge is -2.18. The van der Waals surface area contributed by atoms with E-state index < -0.39 is 0 Å². The predicted octanol–water partition coefficient (Wildman–Crippen LogP) is 2.78. The zero-order valence-corrected chi connectivity index (χ0v) is 10.3. The molecule has 0 bridgehead atoms. The first-order valence-corrected chi connectivity index (χ1v) is 6.21. The zero-order valence-electron chi connectivity index (χ0n) is 10.3. The molecular formula is C15H19NO. The van der Waals surface area contributed by atoms with Gasteiger partial charge in [-0.15, -0.1) is 12.3 Å². The SMILES string of the molecule is C#CCCC(NCC)c1ccc2c(c1)COC2. The van der Waals surface area contributed by atoms with Crippen LogP contribution in [0.1, 0.15) is 42.5 Å². The van der Waals surface area contributed by atoms with E-state index >= 15 is 0 Å². The van der Waals surface area contributed by atoms with Crippen molar-refractivity contribution in [2.24, 2.45) is 0 Å². The highest BCUT2D eigenvalue weighted by Crippen LogP contribution is 2.25. The van der Waals surface area contributed by atoms with Gasteiger partial charge in [-0.1, -0.05) is 25.1 Å². The van der Waals surface area contributed by atoms with Crippen LogP contribution in [0.4, 0.5) is 0 Å². The Morgan fingerprint density at radius 2 is 2.24 bits per heavy atom. The molecule has 17 heavy (non-hydrogen) atoms. The molecule has 0 fully saturated rings. The van der Waals surface area contributed by atoms with E-state index in [0.717, 1.165) is 32.6 Å². The number of fused-ring (bicyclic) bond motifs is 1. The van der Waals surface area contributed by atoms with E-state index in [2.05, 4.69) is 36.4 Å². The van der Waals surface area contributed by atoms with Gasteiger partial charge in [0.05, 0.1) is 13.2 Å². The molecule has 1 aliphatic rings. The van der Waals surface area contributed by atoms with Crippen molar-refractivity contribution >= 4 is 0 Å². The summed E-state index contributed by atoms with van der Waals surface area (Å²) in [6.07, 6.45) is 7.14. The lowest BCUT2D eigenvalue weighted by atomic mass is 9.98. The molecule has 0 saturated heterocycles. The van der Waals surface area contributed by atoms with E-state index in [1.54, 1.807) is 0 Å². The first-order valence-electron chi connectivity index (χ1n) is 6.21. The summed E-state index contributed by atoms with van der Waals surface area (Å²) in [6, 6.07) is 6.99. The van der Waals surface area contributed by atoms with Gasteiger partial charge in [-0.3, -0.25) is 0 Å². The Bertz CT molecular complexity index is 419. The van der Waals surface area contributed by atoms with Crippen LogP contribution in [0.15, 0.2) is 18.2 Å². The van der Waals surface area contributed by atoms with Gasteiger partial charge in [0.15, 0.2) is 0 Å². The van der Waals surface area contributed by atoms with Crippen molar-refractivity contribution in [1.29, 1.82) is 0 Å². The van der Waals surface area contributed by atoms with Gasteiger partial charge in [0, 0.05) is 12.5 Å². The summed E-state index contributed by atoms with van der Waals surface area (Å²) in [6.45, 7) is 4.59. The highest BCUT2D eigenvalue weighted by Gasteiger charge is 2.15. The van der Waals surface area contributed by atoms with Gasteiger partial charge in [-0.05, 0) is 29.7 Å². The average molecular weight is 229 g/mol. The molecule has 0 aromatic heterocycles. The van der Waals surface area contributed by atoms with Crippen molar-refractivity contribution in [2.75, 3.05) is 6.54 Å². The Balaban J connectivity index is 2.15. The monoisotopic (exact) mass is 229 g/mol. The second kappa shape index (κ2) is 5.86. The maximum Gasteiger partial charge on any atom is 0.0725 e. The van der Waals surface area contributed by atoms with E-state index in [1.807, 2.05) is 0 Å². The molecule has 2 heteroatoms. The first kappa shape index (κ1) is 12.2. The summed E-state index contributed by atoms with van der Waals surface area (Å²) >= 11 is 0. The Morgan fingerprint density at radius 3 is 3.00 bits per heavy atom. The minimum Gasteiger partial charge on any atom is -0.372 e. The number of terminal acetylenes is 1. The van der Waals surface area contributed by atoms with Gasteiger partial charge < -0.3 is 10.1 Å². The normalized spacial score (nSPS) is 15.3. The molecule has 2 nitrogen and oxygen atoms in total. The molecule has 0 spiro atoms. The van der Waals surface area contributed by atoms with Gasteiger partial charge in [0.25, 0.3) is 0 Å². The molecule has 1 aromatic carbocycles. The Labute approximate surface area is 103 Å². The molecule has 90 valence electrons. The molecule has 1 N–H and O–H groups in total. The Kier molecular flexibility index (Phi) is 4.19. The van der Waals surface area contributed by atoms with Crippen LogP contribution < -0.4 is 5.32 Å². The van der Waals surface area contributed by atoms with Gasteiger partial charge in [0.2, 0.25) is 0 Å². The maximum absolute atomic E-state index is 5.44. The number of hydrogen-bond donors (Lipinski definition) is 1. The summed E-state index contributed by atoms with van der Waals surface area (Å²) in [7, 11) is 0. The first-order chi connectivity index (χ1) is 8.35. The van der Waals surface area contributed by atoms with Crippen LogP contribution in [0.3, 0.4) is 0 Å². The number of hydrogen-bond acceptors (Lipinski definition) is 2. The highest BCUT2D eigenvalue weighted by atomic mass is 16.5. The van der Waals surface area contributed by atoms with Crippen LogP contribution in [0.25, 0.3) is 0 Å². The van der Waals surface area contributed by atoms with Crippen LogP contribution in [0, 0.1) is 12.3 Å². The minimum atomic E-state index is 0.363. The maximum atomic E-state index is 5.44. The van der Waals surface area contributed by atoms with E-state index in [9.17, 15) is 0 Å². The predicted molar refractivity (Wildman–Crippen MR) is 69.4 cm³/mol. The van der Waals surface area contributed by atoms with Crippen LogP contribution in [0.5, 0.6) is 0 Å². The molecule has 1 aliphatic heterocycles. The van der Waals surface area contributed by atoms with Gasteiger partial charge >= 0.3 is 0 Å². The molecule has 1 aromatic rings. The van der Waals surface area contributed by atoms with E-state index in [1.165, 1.54) is 16.7 Å². The van der Waals surface area contributed by atoms with Gasteiger partial charge in [-0.25, -0.2) is 0 Å². The third-order valence-electron chi connectivity index (χ3n) is 3.18. The van der Waals surface area contributed by atoms with Crippen LogP contribution >= 0.6 is 0 Å². The summed E-state index contributed by atoms with van der Waals surface area (Å²) in [4.78, 5) is 0. The average Bonchev–Trinajstić information content (AvgIpc) is 2.81. The summed E-state index contributed by atoms with van der Waals surface area (Å²) in [5, 5.41) is 3.49. The summed E-state index contributed by atoms with van der Waals surface area (Å²) in [5.74, 6) is 2.71. The molecular weight excluding hydrogens is 210 g/mol. The van der Waals surface area contributed by atoms with Crippen LogP contribution in [-0.4, -0.2) is 6.54 Å². The topological polar surface area (TPSA) is 21.3 Å². The lowest BCUT2D eigenvalue weighted by Crippen LogP contribution is -2.20. The van der Waals surface area contributed by atoms with E-state index in [0.29, 0.717) is 6.04 Å². The number of benzene rings is 1. The van der Waals surface area contributed by atoms with Crippen molar-refractivity contribution in [3.63, 3.8) is 0 Å². The smallest absolute Gasteiger partial charge is 0.0725 e. The fraction of sp³-hybridized carbons (Fsp3) is 0.467. The summed E-state index contributed by atoms with van der Waals surface area (Å²) < 4.78 is 5.44. The number of nitrogens with one attached hydrogen (secondary N) is 1. The lowest BCUT2D eigenvalue weighted by molar-refractivity contribution is 0.134. The second-order valence-corrected chi connectivity index (χ2v) is 4.37. The van der Waals surface area contributed by atoms with Crippen molar-refractivity contribution in [3.8, 4) is 12.3 Å². The molecule has 1 atom stereocenters. The molecule has 1 heterocycles. The standard InChI is InChI=1S/C15H19NO/c1-3-5-6-15(16-4-2)12-7-8-13-10-17-11-14(13)9-12/h1,7-9,15-16H,4-6,10-11H2,2H3. The fourth-order valence-electron chi connectivity index (χ4n) is 2.27. The molecule has 0 aliphatic carbocycles. The quantitative estimate of drug-likeness (QED) is 0.784. The van der Waals surface area contributed by atoms with Gasteiger partial charge in [0.1, 0.15) is 0 Å². The van der Waals surface area contributed by atoms with Gasteiger partial charge in [-0.2, -0.15) is 0 Å². The largest absolute Gasteiger partial charge is 0.372 e. The van der Waals surface area contributed by atoms with Crippen molar-refractivity contribution in [2.45, 2.75) is 39.0 Å². The molecule has 0 amide bonds. The third kappa shape index (κ3) is 2.88. The number of rotatable bonds is 5. The fourth-order valence-corrected chi connectivity index (χ4v) is 2.27. The van der Waals surface area contributed by atoms with Crippen molar-refractivity contribution in [3.05, 3.63) is 34.9 Å². The van der Waals surface area contributed by atoms with Crippen LogP contribution in [-0.2, 0) is 18.0 Å². The van der Waals surface area contributed by atoms with Crippen molar-refractivity contribution < 1.29 is 4.74 Å².